The molecule has 0 spiro atoms. The van der Waals surface area contributed by atoms with Crippen LogP contribution in [-0.2, 0) is 0 Å². The van der Waals surface area contributed by atoms with Gasteiger partial charge in [0.2, 0.25) is 0 Å². The number of aromatic nitrogens is 2. The molecule has 2 unspecified atom stereocenters. The fraction of sp³-hybridized carbons (Fsp3) is 0.222. The number of primary amides is 1. The van der Waals surface area contributed by atoms with Crippen molar-refractivity contribution in [1.82, 2.24) is 9.97 Å². The van der Waals surface area contributed by atoms with E-state index in [-0.39, 0.29) is 5.75 Å². The topological polar surface area (TPSA) is 78.1 Å². The second-order valence-electron chi connectivity index (χ2n) is 7.80. The lowest BCUT2D eigenvalue weighted by Crippen LogP contribution is -2.16. The summed E-state index contributed by atoms with van der Waals surface area (Å²) in [6.45, 7) is 7.74. The van der Waals surface area contributed by atoms with Crippen LogP contribution in [-0.4, -0.2) is 15.9 Å². The van der Waals surface area contributed by atoms with Crippen LogP contribution in [0.5, 0.6) is 5.75 Å². The van der Waals surface area contributed by atoms with Crippen molar-refractivity contribution < 1.29 is 18.3 Å². The van der Waals surface area contributed by atoms with Crippen LogP contribution >= 0.6 is 61.8 Å². The maximum Gasteiger partial charge on any atom is 0.254 e. The fourth-order valence-corrected chi connectivity index (χ4v) is 5.79. The van der Waals surface area contributed by atoms with E-state index >= 15 is 0 Å². The molecule has 5 aromatic rings. The van der Waals surface area contributed by atoms with Crippen molar-refractivity contribution in [3.8, 4) is 5.75 Å². The molecule has 0 aliphatic carbocycles. The molecule has 2 atom stereocenters. The summed E-state index contributed by atoms with van der Waals surface area (Å²) in [5.41, 5.74) is 5.86. The van der Waals surface area contributed by atoms with Gasteiger partial charge in [-0.25, -0.2) is 18.7 Å². The van der Waals surface area contributed by atoms with Crippen LogP contribution in [0.25, 0.3) is 20.4 Å². The van der Waals surface area contributed by atoms with Gasteiger partial charge in [-0.2, -0.15) is 0 Å². The Kier molecular flexibility index (Phi) is 11.0. The van der Waals surface area contributed by atoms with E-state index in [9.17, 15) is 13.6 Å². The molecule has 5 rings (SSSR count). The van der Waals surface area contributed by atoms with Crippen LogP contribution < -0.4 is 10.5 Å². The van der Waals surface area contributed by atoms with Gasteiger partial charge in [0.15, 0.2) is 11.6 Å². The number of alkyl halides is 1. The van der Waals surface area contributed by atoms with Gasteiger partial charge in [0, 0.05) is 10.0 Å². The van der Waals surface area contributed by atoms with E-state index in [1.165, 1.54) is 16.0 Å². The largest absolute Gasteiger partial charge is 0.480 e. The SMILES string of the molecule is CC.CC(Br)c1nc2cc(Cl)ccc2s1.CC(Oc1ccc(F)c(C(N)=O)c1F)c1nc2cc(Cl)ccc2s1. The van der Waals surface area contributed by atoms with Gasteiger partial charge >= 0.3 is 0 Å². The minimum Gasteiger partial charge on any atom is -0.480 e. The molecule has 5 nitrogen and oxygen atoms in total. The maximum atomic E-state index is 14.2. The monoisotopic (exact) mass is 673 g/mol. The van der Waals surface area contributed by atoms with Gasteiger partial charge in [0.25, 0.3) is 5.91 Å². The Morgan fingerprint density at radius 3 is 1.95 bits per heavy atom. The first-order valence-electron chi connectivity index (χ1n) is 11.7. The average Bonchev–Trinajstić information content (AvgIpc) is 3.51. The zero-order valence-electron chi connectivity index (χ0n) is 21.3. The third-order valence-corrected chi connectivity index (χ3v) is 8.65. The number of carbonyl (C=O) groups is 1. The third kappa shape index (κ3) is 7.64. The highest BCUT2D eigenvalue weighted by molar-refractivity contribution is 9.09. The van der Waals surface area contributed by atoms with Crippen LogP contribution in [0, 0.1) is 11.6 Å². The molecule has 0 saturated carbocycles. The van der Waals surface area contributed by atoms with Crippen LogP contribution in [0.2, 0.25) is 10.0 Å². The number of ether oxygens (including phenoxy) is 1. The number of thiazole rings is 2. The number of nitrogens with two attached hydrogens (primary N) is 1. The van der Waals surface area contributed by atoms with Crippen LogP contribution in [0.4, 0.5) is 8.78 Å². The average molecular weight is 675 g/mol. The molecule has 12 heteroatoms. The molecule has 0 bridgehead atoms. The summed E-state index contributed by atoms with van der Waals surface area (Å²) in [4.78, 5) is 20.3. The smallest absolute Gasteiger partial charge is 0.254 e. The standard InChI is InChI=1S/C16H11ClF2N2O2S.C9H7BrClNS.C2H6/c1-7(16-21-10-6-8(17)2-5-12(10)24-16)23-11-4-3-9(18)13(14(11)19)15(20)22;1-5(10)9-12-7-4-6(11)2-3-8(7)13-9;1-2/h2-7H,1H3,(H2,20,22);2-5H,1H3;1-2H3. The Bertz CT molecular complexity index is 1610. The third-order valence-electron chi connectivity index (χ3n) is 5.03. The highest BCUT2D eigenvalue weighted by Gasteiger charge is 2.22. The number of hydrogen-bond acceptors (Lipinski definition) is 6. The zero-order valence-corrected chi connectivity index (χ0v) is 26.0. The van der Waals surface area contributed by atoms with Gasteiger partial charge in [-0.3, -0.25) is 4.79 Å². The number of hydrogen-bond donors (Lipinski definition) is 1. The highest BCUT2D eigenvalue weighted by atomic mass is 79.9. The second kappa shape index (κ2) is 13.8. The molecule has 206 valence electrons. The van der Waals surface area contributed by atoms with Crippen molar-refractivity contribution in [2.75, 3.05) is 0 Å². The van der Waals surface area contributed by atoms with Crippen LogP contribution in [0.1, 0.15) is 59.0 Å². The molecule has 39 heavy (non-hydrogen) atoms. The second-order valence-corrected chi connectivity index (χ2v) is 12.2. The Morgan fingerprint density at radius 2 is 1.44 bits per heavy atom. The summed E-state index contributed by atoms with van der Waals surface area (Å²) >= 11 is 18.3. The van der Waals surface area contributed by atoms with Crippen molar-refractivity contribution in [3.05, 3.63) is 85.8 Å². The summed E-state index contributed by atoms with van der Waals surface area (Å²) in [6.07, 6.45) is -0.609. The Morgan fingerprint density at radius 1 is 0.923 bits per heavy atom. The molecule has 2 heterocycles. The quantitative estimate of drug-likeness (QED) is 0.188. The van der Waals surface area contributed by atoms with E-state index in [1.54, 1.807) is 30.4 Å². The Hall–Kier alpha value is -2.37. The first kappa shape index (κ1) is 31.2. The van der Waals surface area contributed by atoms with Crippen LogP contribution in [0.3, 0.4) is 0 Å². The molecule has 2 aromatic heterocycles. The van der Waals surface area contributed by atoms with Gasteiger partial charge in [-0.1, -0.05) is 53.0 Å². The highest BCUT2D eigenvalue weighted by Crippen LogP contribution is 2.33. The number of benzene rings is 3. The Labute approximate surface area is 251 Å². The summed E-state index contributed by atoms with van der Waals surface area (Å²) in [5, 5.41) is 2.99. The normalized spacial score (nSPS) is 12.2. The van der Waals surface area contributed by atoms with Gasteiger partial charge in [0.1, 0.15) is 27.5 Å². The summed E-state index contributed by atoms with van der Waals surface area (Å²) in [6, 6.07) is 13.1. The summed E-state index contributed by atoms with van der Waals surface area (Å²) in [5.74, 6) is -3.62. The number of nitrogens with zero attached hydrogens (tertiary/aromatic N) is 2. The maximum absolute atomic E-state index is 14.2. The number of halogens is 5. The molecule has 3 aromatic carbocycles. The van der Waals surface area contributed by atoms with E-state index in [1.807, 2.05) is 38.1 Å². The van der Waals surface area contributed by atoms with E-state index in [2.05, 4.69) is 32.8 Å². The van der Waals surface area contributed by atoms with Gasteiger partial charge in [0.05, 0.1) is 25.3 Å². The van der Waals surface area contributed by atoms with Crippen molar-refractivity contribution in [2.45, 2.75) is 38.6 Å². The molecular formula is C27H24BrCl2F2N3O2S2. The predicted octanol–water partition coefficient (Wildman–Crippen LogP) is 9.90. The fourth-order valence-electron chi connectivity index (χ4n) is 3.27. The number of fused-ring (bicyclic) bond motifs is 2. The predicted molar refractivity (Wildman–Crippen MR) is 162 cm³/mol. The van der Waals surface area contributed by atoms with Gasteiger partial charge < -0.3 is 10.5 Å². The van der Waals surface area contributed by atoms with Gasteiger partial charge in [-0.15, -0.1) is 22.7 Å². The molecule has 0 saturated heterocycles. The molecule has 0 aliphatic heterocycles. The molecule has 1 amide bonds. The molecule has 0 aliphatic rings. The van der Waals surface area contributed by atoms with E-state index < -0.39 is 29.2 Å². The van der Waals surface area contributed by atoms with E-state index in [4.69, 9.17) is 33.7 Å². The molecule has 0 fully saturated rings. The lowest BCUT2D eigenvalue weighted by atomic mass is 10.1. The van der Waals surface area contributed by atoms with Gasteiger partial charge in [-0.05, 0) is 62.4 Å². The lowest BCUT2D eigenvalue weighted by molar-refractivity contribution is 0.0990. The Balaban J connectivity index is 0.000000236. The van der Waals surface area contributed by atoms with Crippen LogP contribution in [0.15, 0.2) is 48.5 Å². The van der Waals surface area contributed by atoms with E-state index in [0.717, 1.165) is 32.4 Å². The first-order chi connectivity index (χ1) is 18.5. The minimum absolute atomic E-state index is 0.269. The van der Waals surface area contributed by atoms with E-state index in [0.29, 0.717) is 20.4 Å². The summed E-state index contributed by atoms with van der Waals surface area (Å²) < 4.78 is 35.3. The van der Waals surface area contributed by atoms with Crippen molar-refractivity contribution in [2.24, 2.45) is 5.73 Å². The summed E-state index contributed by atoms with van der Waals surface area (Å²) in [7, 11) is 0. The first-order valence-corrected chi connectivity index (χ1v) is 15.0. The van der Waals surface area contributed by atoms with Crippen molar-refractivity contribution in [1.29, 1.82) is 0 Å². The number of amides is 1. The number of carbonyl (C=O) groups excluding carboxylic acids is 1. The van der Waals surface area contributed by atoms with Crippen molar-refractivity contribution in [3.63, 3.8) is 0 Å². The molecule has 2 N–H and O–H groups in total. The van der Waals surface area contributed by atoms with Crippen molar-refractivity contribution >= 4 is 88.1 Å². The number of rotatable bonds is 5. The molecular weight excluding hydrogens is 651 g/mol. The minimum atomic E-state index is -1.20. The molecule has 0 radical (unpaired) electrons. The lowest BCUT2D eigenvalue weighted by Gasteiger charge is -2.14. The zero-order chi connectivity index (χ0) is 28.9.